The van der Waals surface area contributed by atoms with Crippen molar-refractivity contribution in [2.24, 2.45) is 0 Å². The summed E-state index contributed by atoms with van der Waals surface area (Å²) in [5.74, 6) is 0. The Balaban J connectivity index is 1.88. The van der Waals surface area contributed by atoms with Gasteiger partial charge < -0.3 is 5.32 Å². The highest BCUT2D eigenvalue weighted by Gasteiger charge is 2.18. The van der Waals surface area contributed by atoms with Crippen molar-refractivity contribution in [3.05, 3.63) is 6.54 Å². The summed E-state index contributed by atoms with van der Waals surface area (Å²) in [6.45, 7) is 4.78. The lowest BCUT2D eigenvalue weighted by Gasteiger charge is -1.87. The van der Waals surface area contributed by atoms with Gasteiger partial charge in [0.15, 0.2) is 0 Å². The van der Waals surface area contributed by atoms with E-state index in [9.17, 15) is 0 Å². The second-order valence-electron chi connectivity index (χ2n) is 1.67. The van der Waals surface area contributed by atoms with Gasteiger partial charge in [0, 0.05) is 6.04 Å². The van der Waals surface area contributed by atoms with Crippen molar-refractivity contribution in [1.29, 1.82) is 0 Å². The lowest BCUT2D eigenvalue weighted by molar-refractivity contribution is 0.798. The molecule has 0 aromatic carbocycles. The molecule has 0 aliphatic heterocycles. The van der Waals surface area contributed by atoms with Crippen LogP contribution in [0.3, 0.4) is 0 Å². The van der Waals surface area contributed by atoms with Crippen LogP contribution in [0.4, 0.5) is 0 Å². The summed E-state index contributed by atoms with van der Waals surface area (Å²) in [6, 6.07) is 0.787. The quantitative estimate of drug-likeness (QED) is 0.487. The normalized spacial score (nSPS) is 21.5. The summed E-state index contributed by atoms with van der Waals surface area (Å²) >= 11 is 0. The smallest absolute Gasteiger partial charge is 0.0554 e. The molecule has 0 bridgehead atoms. The molecule has 1 heteroatoms. The summed E-state index contributed by atoms with van der Waals surface area (Å²) in [5.41, 5.74) is 0. The van der Waals surface area contributed by atoms with Gasteiger partial charge in [-0.15, -0.1) is 0 Å². The first-order chi connectivity index (χ1) is 2.93. The number of nitrogens with one attached hydrogen (secondary N) is 1. The van der Waals surface area contributed by atoms with Gasteiger partial charge in [-0.25, -0.2) is 0 Å². The summed E-state index contributed by atoms with van der Waals surface area (Å²) in [7, 11) is 0. The molecule has 0 amide bonds. The highest BCUT2D eigenvalue weighted by Crippen LogP contribution is 2.18. The van der Waals surface area contributed by atoms with Gasteiger partial charge in [-0.3, -0.25) is 0 Å². The molecule has 0 aromatic rings. The van der Waals surface area contributed by atoms with Gasteiger partial charge in [-0.2, -0.15) is 0 Å². The van der Waals surface area contributed by atoms with Crippen LogP contribution in [0.25, 0.3) is 0 Å². The van der Waals surface area contributed by atoms with Gasteiger partial charge in [0.1, 0.15) is 0 Å². The molecule has 34 valence electrons. The third kappa shape index (κ3) is 0.977. The Morgan fingerprint density at radius 1 is 1.67 bits per heavy atom. The molecular formula is C5H9N. The molecule has 0 heterocycles. The molecule has 1 N–H and O–H groups in total. The fourth-order valence-electron chi connectivity index (χ4n) is 0.432. The summed E-state index contributed by atoms with van der Waals surface area (Å²) in [6.07, 6.45) is 2.70. The van der Waals surface area contributed by atoms with Gasteiger partial charge in [-0.1, -0.05) is 0 Å². The maximum absolute atomic E-state index is 3.07. The van der Waals surface area contributed by atoms with Crippen molar-refractivity contribution in [2.45, 2.75) is 25.8 Å². The second kappa shape index (κ2) is 1.61. The fraction of sp³-hybridized carbons (Fsp3) is 0.800. The zero-order valence-corrected chi connectivity index (χ0v) is 3.99. The Kier molecular flexibility index (Phi) is 1.10. The van der Waals surface area contributed by atoms with Crippen LogP contribution >= 0.6 is 0 Å². The monoisotopic (exact) mass is 83.1 g/mol. The average molecular weight is 83.1 g/mol. The standard InChI is InChI=1S/C5H9N/c1-2-6-5-3-4-5/h5-6H,3-4H2,1H3. The molecule has 0 aromatic heterocycles. The van der Waals surface area contributed by atoms with E-state index in [4.69, 9.17) is 0 Å². The first-order valence-electron chi connectivity index (χ1n) is 2.36. The van der Waals surface area contributed by atoms with Gasteiger partial charge in [0.25, 0.3) is 0 Å². The lowest BCUT2D eigenvalue weighted by atomic mass is 10.6. The van der Waals surface area contributed by atoms with Crippen molar-refractivity contribution in [3.8, 4) is 0 Å². The van der Waals surface area contributed by atoms with E-state index in [1.165, 1.54) is 12.8 Å². The highest BCUT2D eigenvalue weighted by atomic mass is 14.9. The van der Waals surface area contributed by atoms with E-state index < -0.39 is 0 Å². The van der Waals surface area contributed by atoms with E-state index >= 15 is 0 Å². The minimum atomic E-state index is 0.787. The predicted octanol–water partition coefficient (Wildman–Crippen LogP) is 0.797. The second-order valence-corrected chi connectivity index (χ2v) is 1.67. The first-order valence-corrected chi connectivity index (χ1v) is 2.36. The third-order valence-corrected chi connectivity index (χ3v) is 0.926. The SMILES string of the molecule is C[C]NC1CC1. The minimum Gasteiger partial charge on any atom is -0.305 e. The van der Waals surface area contributed by atoms with Crippen LogP contribution < -0.4 is 5.32 Å². The topological polar surface area (TPSA) is 12.0 Å². The molecule has 0 atom stereocenters. The maximum atomic E-state index is 3.07. The summed E-state index contributed by atoms with van der Waals surface area (Å²) in [5, 5.41) is 3.07. The van der Waals surface area contributed by atoms with Gasteiger partial charge >= 0.3 is 0 Å². The summed E-state index contributed by atoms with van der Waals surface area (Å²) in [4.78, 5) is 0. The van der Waals surface area contributed by atoms with E-state index in [0.717, 1.165) is 6.04 Å². The van der Waals surface area contributed by atoms with E-state index in [0.29, 0.717) is 0 Å². The molecule has 1 rings (SSSR count). The Morgan fingerprint density at radius 2 is 2.33 bits per heavy atom. The van der Waals surface area contributed by atoms with Crippen LogP contribution in [-0.2, 0) is 0 Å². The zero-order chi connectivity index (χ0) is 4.41. The van der Waals surface area contributed by atoms with E-state index in [1.54, 1.807) is 0 Å². The highest BCUT2D eigenvalue weighted by molar-refractivity contribution is 4.82. The van der Waals surface area contributed by atoms with Crippen LogP contribution in [0.1, 0.15) is 19.8 Å². The third-order valence-electron chi connectivity index (χ3n) is 0.926. The molecule has 1 nitrogen and oxygen atoms in total. The Bertz CT molecular complexity index is 39.2. The van der Waals surface area contributed by atoms with Crippen molar-refractivity contribution in [3.63, 3.8) is 0 Å². The Morgan fingerprint density at radius 3 is 2.50 bits per heavy atom. The molecule has 6 heavy (non-hydrogen) atoms. The lowest BCUT2D eigenvalue weighted by Crippen LogP contribution is -2.08. The van der Waals surface area contributed by atoms with Crippen LogP contribution in [0.2, 0.25) is 0 Å². The Labute approximate surface area is 38.7 Å². The number of hydrogen-bond donors (Lipinski definition) is 1. The van der Waals surface area contributed by atoms with E-state index in [-0.39, 0.29) is 0 Å². The van der Waals surface area contributed by atoms with Crippen molar-refractivity contribution < 1.29 is 0 Å². The van der Waals surface area contributed by atoms with Crippen LogP contribution in [-0.4, -0.2) is 6.04 Å². The fourth-order valence-corrected chi connectivity index (χ4v) is 0.432. The van der Waals surface area contributed by atoms with Crippen LogP contribution in [0.5, 0.6) is 0 Å². The van der Waals surface area contributed by atoms with Crippen molar-refractivity contribution in [1.82, 2.24) is 5.32 Å². The van der Waals surface area contributed by atoms with E-state index in [1.807, 2.05) is 6.92 Å². The van der Waals surface area contributed by atoms with E-state index in [2.05, 4.69) is 11.9 Å². The molecule has 0 saturated heterocycles. The molecule has 1 aliphatic rings. The van der Waals surface area contributed by atoms with Gasteiger partial charge in [0.05, 0.1) is 6.54 Å². The summed E-state index contributed by atoms with van der Waals surface area (Å²) < 4.78 is 0. The van der Waals surface area contributed by atoms with Crippen LogP contribution in [0, 0.1) is 6.54 Å². The predicted molar refractivity (Wildman–Crippen MR) is 25.1 cm³/mol. The molecular weight excluding hydrogens is 74.1 g/mol. The minimum absolute atomic E-state index is 0.787. The molecule has 2 radical (unpaired) electrons. The molecule has 0 unspecified atom stereocenters. The zero-order valence-electron chi connectivity index (χ0n) is 3.99. The first kappa shape index (κ1) is 4.13. The molecule has 0 spiro atoms. The molecule has 1 fully saturated rings. The average Bonchev–Trinajstić information content (AvgIpc) is 2.21. The number of hydrogen-bond acceptors (Lipinski definition) is 1. The Hall–Kier alpha value is -0.0400. The molecule has 1 aliphatic carbocycles. The van der Waals surface area contributed by atoms with Crippen LogP contribution in [0.15, 0.2) is 0 Å². The largest absolute Gasteiger partial charge is 0.305 e. The maximum Gasteiger partial charge on any atom is 0.0554 e. The molecule has 1 saturated carbocycles. The van der Waals surface area contributed by atoms with Gasteiger partial charge in [-0.05, 0) is 19.8 Å². The van der Waals surface area contributed by atoms with Crippen molar-refractivity contribution >= 4 is 0 Å². The number of rotatable bonds is 2. The van der Waals surface area contributed by atoms with Crippen molar-refractivity contribution in [2.75, 3.05) is 0 Å². The van der Waals surface area contributed by atoms with Gasteiger partial charge in [0.2, 0.25) is 0 Å².